The van der Waals surface area contributed by atoms with Gasteiger partial charge < -0.3 is 10.2 Å². The van der Waals surface area contributed by atoms with Crippen LogP contribution in [0.15, 0.2) is 30.3 Å². The highest BCUT2D eigenvalue weighted by Gasteiger charge is 2.35. The van der Waals surface area contributed by atoms with Gasteiger partial charge in [0.1, 0.15) is 5.82 Å². The van der Waals surface area contributed by atoms with Gasteiger partial charge in [0.05, 0.1) is 11.4 Å². The summed E-state index contributed by atoms with van der Waals surface area (Å²) in [5, 5.41) is 19.3. The maximum atomic E-state index is 15.0. The number of benzene rings is 2. The number of halogens is 3. The second kappa shape index (κ2) is 7.85. The Morgan fingerprint density at radius 3 is 2.40 bits per heavy atom. The number of rotatable bonds is 5. The number of hydrogen-bond acceptors (Lipinski definition) is 3. The highest BCUT2D eigenvalue weighted by Crippen LogP contribution is 2.41. The van der Waals surface area contributed by atoms with E-state index in [-0.39, 0.29) is 27.7 Å². The van der Waals surface area contributed by atoms with E-state index in [1.807, 2.05) is 0 Å². The van der Waals surface area contributed by atoms with Crippen molar-refractivity contribution in [2.24, 2.45) is 5.92 Å². The molecule has 158 valence electrons. The number of phenols is 1. The van der Waals surface area contributed by atoms with Crippen molar-refractivity contribution in [2.75, 3.05) is 0 Å². The van der Waals surface area contributed by atoms with Crippen molar-refractivity contribution in [3.8, 4) is 5.75 Å². The summed E-state index contributed by atoms with van der Waals surface area (Å²) in [7, 11) is 0. The topological polar surface area (TPSA) is 79.5 Å². The lowest BCUT2D eigenvalue weighted by Crippen LogP contribution is -2.21. The SMILES string of the molecule is CCC(C)[C@@H](C(=O)O)c1c(C)n(C(=O)c2cccc(F)c2)c2cc(F)c(O)c(F)c12. The lowest BCUT2D eigenvalue weighted by Gasteiger charge is -2.20. The number of hydrogen-bond donors (Lipinski definition) is 2. The van der Waals surface area contributed by atoms with Crippen LogP contribution >= 0.6 is 0 Å². The summed E-state index contributed by atoms with van der Waals surface area (Å²) >= 11 is 0. The van der Waals surface area contributed by atoms with Crippen molar-refractivity contribution in [2.45, 2.75) is 33.1 Å². The normalized spacial score (nSPS) is 13.4. The first kappa shape index (κ1) is 21.4. The van der Waals surface area contributed by atoms with Gasteiger partial charge >= 0.3 is 5.97 Å². The van der Waals surface area contributed by atoms with Crippen LogP contribution < -0.4 is 0 Å². The first-order valence-corrected chi connectivity index (χ1v) is 9.35. The second-order valence-electron chi connectivity index (χ2n) is 7.27. The fraction of sp³-hybridized carbons (Fsp3) is 0.273. The summed E-state index contributed by atoms with van der Waals surface area (Å²) in [6.45, 7) is 4.84. The minimum absolute atomic E-state index is 0.0237. The van der Waals surface area contributed by atoms with Crippen molar-refractivity contribution in [3.63, 3.8) is 0 Å². The Hall–Kier alpha value is -3.29. The van der Waals surface area contributed by atoms with Crippen LogP contribution in [0, 0.1) is 30.3 Å². The summed E-state index contributed by atoms with van der Waals surface area (Å²) in [5.41, 5.74) is -0.259. The molecule has 30 heavy (non-hydrogen) atoms. The molecule has 8 heteroatoms. The van der Waals surface area contributed by atoms with Gasteiger partial charge in [-0.1, -0.05) is 26.3 Å². The molecule has 0 aliphatic rings. The van der Waals surface area contributed by atoms with Crippen molar-refractivity contribution in [1.29, 1.82) is 0 Å². The van der Waals surface area contributed by atoms with E-state index in [9.17, 15) is 33.0 Å². The second-order valence-corrected chi connectivity index (χ2v) is 7.27. The summed E-state index contributed by atoms with van der Waals surface area (Å²) in [6, 6.07) is 5.55. The van der Waals surface area contributed by atoms with Crippen LogP contribution in [-0.2, 0) is 4.79 Å². The lowest BCUT2D eigenvalue weighted by atomic mass is 9.84. The van der Waals surface area contributed by atoms with E-state index in [1.54, 1.807) is 13.8 Å². The molecule has 5 nitrogen and oxygen atoms in total. The quantitative estimate of drug-likeness (QED) is 0.612. The van der Waals surface area contributed by atoms with E-state index >= 15 is 0 Å². The van der Waals surface area contributed by atoms with Gasteiger partial charge in [0.15, 0.2) is 17.4 Å². The zero-order valence-electron chi connectivity index (χ0n) is 16.5. The van der Waals surface area contributed by atoms with Gasteiger partial charge in [0.25, 0.3) is 5.91 Å². The molecule has 2 atom stereocenters. The Morgan fingerprint density at radius 2 is 1.83 bits per heavy atom. The molecule has 0 aliphatic heterocycles. The fourth-order valence-electron chi connectivity index (χ4n) is 3.79. The Morgan fingerprint density at radius 1 is 1.17 bits per heavy atom. The van der Waals surface area contributed by atoms with E-state index in [0.29, 0.717) is 6.42 Å². The molecule has 0 bridgehead atoms. The van der Waals surface area contributed by atoms with E-state index in [4.69, 9.17) is 0 Å². The summed E-state index contributed by atoms with van der Waals surface area (Å²) in [5.74, 6) is -8.25. The molecule has 0 saturated carbocycles. The van der Waals surface area contributed by atoms with Crippen LogP contribution in [0.25, 0.3) is 10.9 Å². The largest absolute Gasteiger partial charge is 0.503 e. The average molecular weight is 419 g/mol. The number of fused-ring (bicyclic) bond motifs is 1. The molecule has 1 aromatic heterocycles. The molecule has 0 amide bonds. The summed E-state index contributed by atoms with van der Waals surface area (Å²) in [4.78, 5) is 25.2. The predicted octanol–water partition coefficient (Wildman–Crippen LogP) is 4.98. The molecule has 1 heterocycles. The van der Waals surface area contributed by atoms with Crippen LogP contribution in [0.3, 0.4) is 0 Å². The molecular weight excluding hydrogens is 399 g/mol. The first-order chi connectivity index (χ1) is 14.1. The molecule has 2 aromatic carbocycles. The van der Waals surface area contributed by atoms with E-state index in [2.05, 4.69) is 0 Å². The van der Waals surface area contributed by atoms with Gasteiger partial charge in [-0.2, -0.15) is 0 Å². The third-order valence-corrected chi connectivity index (χ3v) is 5.47. The van der Waals surface area contributed by atoms with Crippen LogP contribution in [0.4, 0.5) is 13.2 Å². The number of nitrogens with zero attached hydrogens (tertiary/aromatic N) is 1. The lowest BCUT2D eigenvalue weighted by molar-refractivity contribution is -0.140. The number of carboxylic acids is 1. The first-order valence-electron chi connectivity index (χ1n) is 9.35. The minimum atomic E-state index is -1.34. The Labute approximate surface area is 170 Å². The number of carboxylic acid groups (broad SMARTS) is 1. The van der Waals surface area contributed by atoms with Crippen molar-refractivity contribution in [1.82, 2.24) is 4.57 Å². The van der Waals surface area contributed by atoms with Gasteiger partial charge in [-0.05, 0) is 36.6 Å². The van der Waals surface area contributed by atoms with Crippen LogP contribution in [-0.4, -0.2) is 26.7 Å². The van der Waals surface area contributed by atoms with Gasteiger partial charge in [-0.15, -0.1) is 0 Å². The number of aromatic nitrogens is 1. The van der Waals surface area contributed by atoms with Gasteiger partial charge in [0, 0.05) is 22.7 Å². The number of carbonyl (C=O) groups is 2. The number of aliphatic carboxylic acids is 1. The maximum absolute atomic E-state index is 15.0. The zero-order chi connectivity index (χ0) is 22.3. The predicted molar refractivity (Wildman–Crippen MR) is 104 cm³/mol. The molecule has 0 spiro atoms. The molecule has 2 N–H and O–H groups in total. The highest BCUT2D eigenvalue weighted by atomic mass is 19.1. The molecule has 0 saturated heterocycles. The average Bonchev–Trinajstić information content (AvgIpc) is 2.97. The van der Waals surface area contributed by atoms with Gasteiger partial charge in [0.2, 0.25) is 0 Å². The molecule has 0 aliphatic carbocycles. The molecule has 3 rings (SSSR count). The number of phenolic OH excluding ortho intramolecular Hbond substituents is 1. The van der Waals surface area contributed by atoms with E-state index < -0.39 is 46.9 Å². The van der Waals surface area contributed by atoms with Crippen LogP contribution in [0.2, 0.25) is 0 Å². The summed E-state index contributed by atoms with van der Waals surface area (Å²) in [6.07, 6.45) is 0.440. The van der Waals surface area contributed by atoms with Crippen molar-refractivity contribution >= 4 is 22.8 Å². The molecule has 1 unspecified atom stereocenters. The minimum Gasteiger partial charge on any atom is -0.503 e. The summed E-state index contributed by atoms with van der Waals surface area (Å²) < 4.78 is 43.7. The smallest absolute Gasteiger partial charge is 0.311 e. The molecule has 0 radical (unpaired) electrons. The fourth-order valence-corrected chi connectivity index (χ4v) is 3.79. The third kappa shape index (κ3) is 3.32. The Balaban J connectivity index is 2.44. The Bertz CT molecular complexity index is 1170. The number of aromatic hydroxyl groups is 1. The third-order valence-electron chi connectivity index (χ3n) is 5.47. The van der Waals surface area contributed by atoms with Crippen LogP contribution in [0.1, 0.15) is 47.8 Å². The van der Waals surface area contributed by atoms with Crippen molar-refractivity contribution < 1.29 is 33.0 Å². The van der Waals surface area contributed by atoms with E-state index in [1.165, 1.54) is 19.1 Å². The maximum Gasteiger partial charge on any atom is 0.311 e. The highest BCUT2D eigenvalue weighted by molar-refractivity contribution is 6.05. The van der Waals surface area contributed by atoms with E-state index in [0.717, 1.165) is 22.8 Å². The molecule has 3 aromatic rings. The number of carbonyl (C=O) groups excluding carboxylic acids is 1. The molecular formula is C22H20F3NO4. The van der Waals surface area contributed by atoms with Crippen LogP contribution in [0.5, 0.6) is 5.75 Å². The monoisotopic (exact) mass is 419 g/mol. The zero-order valence-corrected chi connectivity index (χ0v) is 16.5. The Kier molecular flexibility index (Phi) is 5.61. The van der Waals surface area contributed by atoms with Crippen molar-refractivity contribution in [3.05, 3.63) is 64.6 Å². The standard InChI is InChI=1S/C22H20F3NO4/c1-4-10(2)16(22(29)30)17-11(3)26(21(28)12-6-5-7-13(23)8-12)15-9-14(24)20(27)19(25)18(15)17/h5-10,16,27H,4H2,1-3H3,(H,29,30)/t10?,16-/m1/s1. The van der Waals surface area contributed by atoms with Gasteiger partial charge in [-0.25, -0.2) is 13.2 Å². The molecule has 0 fully saturated rings. The van der Waals surface area contributed by atoms with Gasteiger partial charge in [-0.3, -0.25) is 14.2 Å².